The standard InChI is InChI=1S/C26H35N5O2/c1-18(2)17-30(21-9-5-4-6-10-21)23-13-12-20(19(3)15-25(32)33)16-22(23)27-26-28-24-11-7-8-14-31(24)29-26/h7-8,11-14,16,18-19,21H,4-6,9-10,15,17H2,1-3H3,(H,27,29)(H,32,33). The second-order valence-corrected chi connectivity index (χ2v) is 9.68. The molecule has 176 valence electrons. The summed E-state index contributed by atoms with van der Waals surface area (Å²) in [7, 11) is 0. The first-order valence-electron chi connectivity index (χ1n) is 12.1. The van der Waals surface area contributed by atoms with Crippen molar-refractivity contribution in [3.8, 4) is 0 Å². The van der Waals surface area contributed by atoms with Crippen LogP contribution in [0, 0.1) is 5.92 Å². The number of pyridine rings is 1. The van der Waals surface area contributed by atoms with Crippen LogP contribution < -0.4 is 10.2 Å². The summed E-state index contributed by atoms with van der Waals surface area (Å²) < 4.78 is 1.76. The van der Waals surface area contributed by atoms with E-state index < -0.39 is 5.97 Å². The zero-order valence-corrected chi connectivity index (χ0v) is 19.9. The second kappa shape index (κ2) is 10.2. The Bertz CT molecular complexity index is 1050. The Labute approximate surface area is 195 Å². The molecule has 1 fully saturated rings. The number of nitrogens with zero attached hydrogens (tertiary/aromatic N) is 4. The highest BCUT2D eigenvalue weighted by Gasteiger charge is 2.25. The molecule has 0 amide bonds. The van der Waals surface area contributed by atoms with E-state index >= 15 is 0 Å². The fraction of sp³-hybridized carbons (Fsp3) is 0.500. The number of carboxylic acids is 1. The number of rotatable bonds is 9. The molecule has 1 aliphatic carbocycles. The lowest BCUT2D eigenvalue weighted by molar-refractivity contribution is -0.137. The van der Waals surface area contributed by atoms with E-state index in [0.717, 1.165) is 29.1 Å². The topological polar surface area (TPSA) is 82.8 Å². The Kier molecular flexibility index (Phi) is 7.16. The number of hydrogen-bond donors (Lipinski definition) is 2. The molecule has 0 saturated heterocycles. The maximum absolute atomic E-state index is 11.3. The van der Waals surface area contributed by atoms with Gasteiger partial charge in [0.25, 0.3) is 0 Å². The number of fused-ring (bicyclic) bond motifs is 1. The van der Waals surface area contributed by atoms with Crippen LogP contribution >= 0.6 is 0 Å². The lowest BCUT2D eigenvalue weighted by atomic mass is 9.92. The van der Waals surface area contributed by atoms with Gasteiger partial charge in [-0.05, 0) is 54.5 Å². The van der Waals surface area contributed by atoms with Crippen molar-refractivity contribution >= 4 is 28.9 Å². The Balaban J connectivity index is 1.73. The molecule has 33 heavy (non-hydrogen) atoms. The van der Waals surface area contributed by atoms with Gasteiger partial charge in [-0.15, -0.1) is 5.10 Å². The molecular weight excluding hydrogens is 414 g/mol. The van der Waals surface area contributed by atoms with Crippen molar-refractivity contribution in [1.82, 2.24) is 14.6 Å². The largest absolute Gasteiger partial charge is 0.481 e. The summed E-state index contributed by atoms with van der Waals surface area (Å²) in [5, 5.41) is 17.4. The van der Waals surface area contributed by atoms with Crippen molar-refractivity contribution in [2.75, 3.05) is 16.8 Å². The van der Waals surface area contributed by atoms with E-state index in [4.69, 9.17) is 0 Å². The van der Waals surface area contributed by atoms with Crippen LogP contribution in [0.4, 0.5) is 17.3 Å². The minimum Gasteiger partial charge on any atom is -0.481 e. The highest BCUT2D eigenvalue weighted by molar-refractivity contribution is 5.76. The number of anilines is 3. The van der Waals surface area contributed by atoms with Crippen molar-refractivity contribution < 1.29 is 9.90 Å². The molecule has 1 saturated carbocycles. The van der Waals surface area contributed by atoms with E-state index in [9.17, 15) is 9.90 Å². The number of carboxylic acid groups (broad SMARTS) is 1. The first-order chi connectivity index (χ1) is 15.9. The lowest BCUT2D eigenvalue weighted by Gasteiger charge is -2.38. The quantitative estimate of drug-likeness (QED) is 0.427. The molecule has 7 heteroatoms. The number of hydrogen-bond acceptors (Lipinski definition) is 5. The van der Waals surface area contributed by atoms with Crippen LogP contribution in [0.25, 0.3) is 5.65 Å². The molecule has 0 bridgehead atoms. The van der Waals surface area contributed by atoms with E-state index in [1.165, 1.54) is 32.1 Å². The number of benzene rings is 1. The third-order valence-corrected chi connectivity index (χ3v) is 6.44. The van der Waals surface area contributed by atoms with E-state index in [0.29, 0.717) is 17.9 Å². The predicted molar refractivity (Wildman–Crippen MR) is 132 cm³/mol. The molecule has 1 unspecified atom stereocenters. The normalized spacial score (nSPS) is 15.6. The summed E-state index contributed by atoms with van der Waals surface area (Å²) in [4.78, 5) is 18.5. The van der Waals surface area contributed by atoms with Gasteiger partial charge in [0.15, 0.2) is 5.65 Å². The molecular formula is C26H35N5O2. The first-order valence-corrected chi connectivity index (χ1v) is 12.1. The average Bonchev–Trinajstić information content (AvgIpc) is 3.20. The Hall–Kier alpha value is -3.09. The molecule has 4 rings (SSSR count). The van der Waals surface area contributed by atoms with Gasteiger partial charge >= 0.3 is 5.97 Å². The Morgan fingerprint density at radius 3 is 2.67 bits per heavy atom. The second-order valence-electron chi connectivity index (χ2n) is 9.68. The fourth-order valence-corrected chi connectivity index (χ4v) is 4.83. The zero-order valence-electron chi connectivity index (χ0n) is 19.9. The van der Waals surface area contributed by atoms with Crippen LogP contribution in [0.3, 0.4) is 0 Å². The van der Waals surface area contributed by atoms with Crippen molar-refractivity contribution in [1.29, 1.82) is 0 Å². The zero-order chi connectivity index (χ0) is 23.4. The summed E-state index contributed by atoms with van der Waals surface area (Å²) in [6.07, 6.45) is 8.24. The van der Waals surface area contributed by atoms with Crippen molar-refractivity contribution in [2.45, 2.75) is 71.3 Å². The van der Waals surface area contributed by atoms with Gasteiger partial charge in [-0.3, -0.25) is 4.79 Å². The molecule has 3 aromatic rings. The van der Waals surface area contributed by atoms with Crippen molar-refractivity contribution in [3.05, 3.63) is 48.2 Å². The molecule has 1 atom stereocenters. The summed E-state index contributed by atoms with van der Waals surface area (Å²) in [6.45, 7) is 7.46. The highest BCUT2D eigenvalue weighted by Crippen LogP contribution is 2.37. The molecule has 7 nitrogen and oxygen atoms in total. The van der Waals surface area contributed by atoms with E-state index in [2.05, 4.69) is 52.3 Å². The third-order valence-electron chi connectivity index (χ3n) is 6.44. The third kappa shape index (κ3) is 5.64. The minimum atomic E-state index is -0.785. The van der Waals surface area contributed by atoms with Crippen molar-refractivity contribution in [2.24, 2.45) is 5.92 Å². The van der Waals surface area contributed by atoms with Gasteiger partial charge < -0.3 is 15.3 Å². The summed E-state index contributed by atoms with van der Waals surface area (Å²) >= 11 is 0. The molecule has 0 spiro atoms. The molecule has 2 N–H and O–H groups in total. The first kappa shape index (κ1) is 23.1. The highest BCUT2D eigenvalue weighted by atomic mass is 16.4. The van der Waals surface area contributed by atoms with Crippen molar-refractivity contribution in [3.63, 3.8) is 0 Å². The van der Waals surface area contributed by atoms with Gasteiger partial charge in [-0.1, -0.05) is 52.2 Å². The minimum absolute atomic E-state index is 0.0839. The van der Waals surface area contributed by atoms with Crippen LogP contribution in [0.2, 0.25) is 0 Å². The summed E-state index contributed by atoms with van der Waals surface area (Å²) in [5.74, 6) is 0.198. The van der Waals surface area contributed by atoms with Crippen LogP contribution in [-0.2, 0) is 4.79 Å². The lowest BCUT2D eigenvalue weighted by Crippen LogP contribution is -2.39. The molecule has 1 aliphatic rings. The average molecular weight is 450 g/mol. The van der Waals surface area contributed by atoms with Gasteiger partial charge in [-0.2, -0.15) is 4.98 Å². The van der Waals surface area contributed by atoms with Crippen LogP contribution in [0.15, 0.2) is 42.6 Å². The van der Waals surface area contributed by atoms with Crippen LogP contribution in [0.5, 0.6) is 0 Å². The SMILES string of the molecule is CC(C)CN(c1ccc(C(C)CC(=O)O)cc1Nc1nc2ccccn2n1)C1CCCCC1. The summed E-state index contributed by atoms with van der Waals surface area (Å²) in [5.41, 5.74) is 3.86. The van der Waals surface area contributed by atoms with Gasteiger partial charge in [0.2, 0.25) is 5.95 Å². The number of carbonyl (C=O) groups is 1. The van der Waals surface area contributed by atoms with Gasteiger partial charge in [0.1, 0.15) is 0 Å². The van der Waals surface area contributed by atoms with Gasteiger partial charge in [-0.25, -0.2) is 4.52 Å². The molecule has 2 heterocycles. The molecule has 0 radical (unpaired) electrons. The van der Waals surface area contributed by atoms with Crippen LogP contribution in [-0.4, -0.2) is 38.3 Å². The number of aliphatic carboxylic acids is 1. The van der Waals surface area contributed by atoms with E-state index in [1.807, 2.05) is 31.3 Å². The fourth-order valence-electron chi connectivity index (χ4n) is 4.83. The van der Waals surface area contributed by atoms with Gasteiger partial charge in [0.05, 0.1) is 17.8 Å². The monoisotopic (exact) mass is 449 g/mol. The number of nitrogens with one attached hydrogen (secondary N) is 1. The molecule has 1 aromatic carbocycles. The van der Waals surface area contributed by atoms with E-state index in [-0.39, 0.29) is 12.3 Å². The maximum Gasteiger partial charge on any atom is 0.303 e. The van der Waals surface area contributed by atoms with Gasteiger partial charge in [0, 0.05) is 18.8 Å². The number of aromatic nitrogens is 3. The van der Waals surface area contributed by atoms with Crippen LogP contribution in [0.1, 0.15) is 70.8 Å². The molecule has 2 aromatic heterocycles. The smallest absolute Gasteiger partial charge is 0.303 e. The molecule has 0 aliphatic heterocycles. The van der Waals surface area contributed by atoms with E-state index in [1.54, 1.807) is 4.52 Å². The summed E-state index contributed by atoms with van der Waals surface area (Å²) in [6, 6.07) is 12.6. The Morgan fingerprint density at radius 2 is 1.97 bits per heavy atom. The maximum atomic E-state index is 11.3. The Morgan fingerprint density at radius 1 is 1.18 bits per heavy atom. The predicted octanol–water partition coefficient (Wildman–Crippen LogP) is 5.85.